The van der Waals surface area contributed by atoms with Crippen molar-refractivity contribution in [2.24, 2.45) is 7.05 Å². The number of halogens is 3. The molecule has 0 spiro atoms. The van der Waals surface area contributed by atoms with Crippen molar-refractivity contribution >= 4 is 43.9 Å². The van der Waals surface area contributed by atoms with Crippen molar-refractivity contribution in [1.82, 2.24) is 24.5 Å². The van der Waals surface area contributed by atoms with Gasteiger partial charge in [0.05, 0.1) is 22.0 Å². The Morgan fingerprint density at radius 1 is 1.15 bits per heavy atom. The van der Waals surface area contributed by atoms with E-state index in [0.717, 1.165) is 22.6 Å². The molecule has 1 N–H and O–H groups in total. The van der Waals surface area contributed by atoms with E-state index in [1.807, 2.05) is 13.1 Å². The molecule has 4 heterocycles. The van der Waals surface area contributed by atoms with Crippen LogP contribution < -0.4 is 5.32 Å². The van der Waals surface area contributed by atoms with Crippen LogP contribution in [-0.4, -0.2) is 30.5 Å². The Bertz CT molecular complexity index is 1480. The quantitative estimate of drug-likeness (QED) is 0.361. The minimum Gasteiger partial charge on any atom is -0.297 e. The fraction of sp³-hybridized carbons (Fsp3) is 0.143. The Labute approximate surface area is 193 Å². The number of nitrogens with zero attached hydrogens (tertiary/aromatic N) is 5. The summed E-state index contributed by atoms with van der Waals surface area (Å²) in [5, 5.41) is 12.8. The lowest BCUT2D eigenvalue weighted by atomic mass is 10.2. The molecule has 0 fully saturated rings. The molecule has 0 unspecified atom stereocenters. The van der Waals surface area contributed by atoms with Gasteiger partial charge in [-0.1, -0.05) is 18.2 Å². The van der Waals surface area contributed by atoms with Crippen molar-refractivity contribution < 1.29 is 18.0 Å². The number of carbonyl (C=O) groups excluding carboxylic acids is 1. The zero-order chi connectivity index (χ0) is 23.3. The van der Waals surface area contributed by atoms with Gasteiger partial charge in [0.2, 0.25) is 0 Å². The van der Waals surface area contributed by atoms with E-state index in [1.165, 1.54) is 22.1 Å². The molecule has 0 aliphatic rings. The zero-order valence-corrected chi connectivity index (χ0v) is 18.8. The van der Waals surface area contributed by atoms with Crippen LogP contribution >= 0.6 is 22.7 Å². The van der Waals surface area contributed by atoms with E-state index in [2.05, 4.69) is 20.5 Å². The van der Waals surface area contributed by atoms with Gasteiger partial charge >= 0.3 is 6.18 Å². The lowest BCUT2D eigenvalue weighted by molar-refractivity contribution is -0.140. The molecular weight excluding hydrogens is 473 g/mol. The Kier molecular flexibility index (Phi) is 5.05. The second kappa shape index (κ2) is 7.81. The molecule has 0 aliphatic heterocycles. The zero-order valence-electron chi connectivity index (χ0n) is 17.2. The van der Waals surface area contributed by atoms with E-state index < -0.39 is 17.8 Å². The largest absolute Gasteiger partial charge is 0.435 e. The Balaban J connectivity index is 1.48. The molecule has 0 saturated carbocycles. The van der Waals surface area contributed by atoms with Gasteiger partial charge < -0.3 is 0 Å². The number of thiazole rings is 1. The summed E-state index contributed by atoms with van der Waals surface area (Å²) in [7, 11) is 1.80. The summed E-state index contributed by atoms with van der Waals surface area (Å²) in [6.45, 7) is 1.86. The number of carbonyl (C=O) groups is 1. The highest BCUT2D eigenvalue weighted by Crippen LogP contribution is 2.39. The maximum absolute atomic E-state index is 13.6. The summed E-state index contributed by atoms with van der Waals surface area (Å²) < 4.78 is 43.7. The van der Waals surface area contributed by atoms with Crippen LogP contribution in [0.4, 0.5) is 18.3 Å². The number of aromatic nitrogens is 5. The number of amides is 1. The molecule has 5 rings (SSSR count). The number of nitrogens with one attached hydrogen (secondary N) is 1. The number of aryl methyl sites for hydroxylation is 2. The highest BCUT2D eigenvalue weighted by atomic mass is 32.1. The average molecular weight is 489 g/mol. The molecule has 5 aromatic rings. The van der Waals surface area contributed by atoms with Gasteiger partial charge in [-0.05, 0) is 25.1 Å². The topological polar surface area (TPSA) is 77.6 Å². The van der Waals surface area contributed by atoms with Gasteiger partial charge in [-0.25, -0.2) is 9.67 Å². The minimum atomic E-state index is -4.65. The van der Waals surface area contributed by atoms with E-state index in [0.29, 0.717) is 16.5 Å². The normalized spacial score (nSPS) is 11.9. The Hall–Kier alpha value is -3.51. The van der Waals surface area contributed by atoms with Crippen molar-refractivity contribution in [3.63, 3.8) is 0 Å². The predicted octanol–water partition coefficient (Wildman–Crippen LogP) is 5.52. The van der Waals surface area contributed by atoms with Gasteiger partial charge in [0.25, 0.3) is 5.91 Å². The lowest BCUT2D eigenvalue weighted by Crippen LogP contribution is -2.10. The molecule has 1 aromatic carbocycles. The van der Waals surface area contributed by atoms with Gasteiger partial charge in [-0.2, -0.15) is 23.4 Å². The van der Waals surface area contributed by atoms with Crippen LogP contribution in [0.25, 0.3) is 27.2 Å². The van der Waals surface area contributed by atoms with E-state index >= 15 is 0 Å². The molecule has 0 aliphatic carbocycles. The van der Waals surface area contributed by atoms with Gasteiger partial charge in [0.1, 0.15) is 4.83 Å². The van der Waals surface area contributed by atoms with Crippen LogP contribution in [-0.2, 0) is 13.2 Å². The van der Waals surface area contributed by atoms with Crippen LogP contribution in [0, 0.1) is 6.92 Å². The highest BCUT2D eigenvalue weighted by molar-refractivity contribution is 7.20. The Morgan fingerprint density at radius 3 is 2.58 bits per heavy atom. The van der Waals surface area contributed by atoms with Crippen LogP contribution in [0.15, 0.2) is 48.0 Å². The van der Waals surface area contributed by atoms with E-state index in [4.69, 9.17) is 0 Å². The molecule has 0 radical (unpaired) electrons. The van der Waals surface area contributed by atoms with Gasteiger partial charge in [-0.15, -0.1) is 22.7 Å². The molecule has 1 amide bonds. The van der Waals surface area contributed by atoms with Crippen molar-refractivity contribution in [1.29, 1.82) is 0 Å². The SMILES string of the molecule is Cc1nn(C)cc1-c1csc(NC(=O)c2cc3c(C(F)(F)F)nn(-c4ccccc4)c3s2)n1. The molecule has 0 atom stereocenters. The summed E-state index contributed by atoms with van der Waals surface area (Å²) in [4.78, 5) is 17.6. The summed E-state index contributed by atoms with van der Waals surface area (Å²) >= 11 is 2.17. The third kappa shape index (κ3) is 3.91. The lowest BCUT2D eigenvalue weighted by Gasteiger charge is -2.04. The molecule has 33 heavy (non-hydrogen) atoms. The number of benzene rings is 1. The third-order valence-corrected chi connectivity index (χ3v) is 6.73. The second-order valence-corrected chi connectivity index (χ2v) is 9.11. The first-order chi connectivity index (χ1) is 15.7. The van der Waals surface area contributed by atoms with Gasteiger partial charge in [0.15, 0.2) is 10.8 Å². The van der Waals surface area contributed by atoms with Gasteiger partial charge in [0, 0.05) is 29.6 Å². The fourth-order valence-electron chi connectivity index (χ4n) is 3.44. The number of alkyl halides is 3. The van der Waals surface area contributed by atoms with Crippen molar-refractivity contribution in [3.05, 3.63) is 64.2 Å². The number of anilines is 1. The van der Waals surface area contributed by atoms with Crippen molar-refractivity contribution in [2.75, 3.05) is 5.32 Å². The summed E-state index contributed by atoms with van der Waals surface area (Å²) in [5.41, 5.74) is 1.75. The maximum atomic E-state index is 13.6. The first kappa shape index (κ1) is 21.3. The van der Waals surface area contributed by atoms with E-state index in [9.17, 15) is 18.0 Å². The summed E-state index contributed by atoms with van der Waals surface area (Å²) in [6.07, 6.45) is -2.82. The van der Waals surface area contributed by atoms with Crippen LogP contribution in [0.3, 0.4) is 0 Å². The third-order valence-electron chi connectivity index (χ3n) is 4.87. The van der Waals surface area contributed by atoms with Crippen LogP contribution in [0.2, 0.25) is 0 Å². The highest BCUT2D eigenvalue weighted by Gasteiger charge is 2.38. The molecule has 7 nitrogen and oxygen atoms in total. The van der Waals surface area contributed by atoms with Crippen molar-refractivity contribution in [2.45, 2.75) is 13.1 Å². The molecule has 12 heteroatoms. The number of hydrogen-bond donors (Lipinski definition) is 1. The number of para-hydroxylation sites is 1. The Morgan fingerprint density at radius 2 is 1.91 bits per heavy atom. The molecule has 4 aromatic heterocycles. The predicted molar refractivity (Wildman–Crippen MR) is 121 cm³/mol. The molecular formula is C21H15F3N6OS2. The monoisotopic (exact) mass is 488 g/mol. The maximum Gasteiger partial charge on any atom is 0.435 e. The molecule has 0 saturated heterocycles. The van der Waals surface area contributed by atoms with E-state index in [1.54, 1.807) is 47.4 Å². The number of rotatable bonds is 4. The summed E-state index contributed by atoms with van der Waals surface area (Å²) in [6, 6.07) is 9.72. The minimum absolute atomic E-state index is 0.118. The average Bonchev–Trinajstić information content (AvgIpc) is 3.51. The fourth-order valence-corrected chi connectivity index (χ4v) is 5.17. The number of fused-ring (bicyclic) bond motifs is 1. The molecule has 168 valence electrons. The first-order valence-corrected chi connectivity index (χ1v) is 11.3. The number of thiophene rings is 1. The molecule has 0 bridgehead atoms. The van der Waals surface area contributed by atoms with E-state index in [-0.39, 0.29) is 15.1 Å². The van der Waals surface area contributed by atoms with Crippen LogP contribution in [0.5, 0.6) is 0 Å². The number of hydrogen-bond acceptors (Lipinski definition) is 6. The first-order valence-electron chi connectivity index (χ1n) is 9.63. The standard InChI is InChI=1S/C21H15F3N6OS2/c1-11-14(9-29(2)27-11)15-10-32-20(25-15)26-18(31)16-8-13-17(21(22,23)24)28-30(19(13)33-16)12-6-4-3-5-7-12/h3-10H,1-2H3,(H,25,26,31). The van der Waals surface area contributed by atoms with Crippen LogP contribution in [0.1, 0.15) is 21.1 Å². The smallest absolute Gasteiger partial charge is 0.297 e. The summed E-state index contributed by atoms with van der Waals surface area (Å²) in [5.74, 6) is -0.534. The van der Waals surface area contributed by atoms with Crippen molar-refractivity contribution in [3.8, 4) is 16.9 Å². The van der Waals surface area contributed by atoms with Gasteiger partial charge in [-0.3, -0.25) is 14.8 Å². The second-order valence-electron chi connectivity index (χ2n) is 7.22.